The maximum Gasteiger partial charge on any atom is 0.239 e. The molecule has 158 valence electrons. The van der Waals surface area contributed by atoms with Gasteiger partial charge >= 0.3 is 0 Å². The molecular formula is C22H37NO3SSi. The van der Waals surface area contributed by atoms with Gasteiger partial charge in [-0.15, -0.1) is 0 Å². The van der Waals surface area contributed by atoms with Crippen LogP contribution in [0, 0.1) is 12.0 Å². The summed E-state index contributed by atoms with van der Waals surface area (Å²) in [5.41, 5.74) is 1.78. The first-order valence-electron chi connectivity index (χ1n) is 9.92. The zero-order valence-electron chi connectivity index (χ0n) is 18.9. The highest BCUT2D eigenvalue weighted by Gasteiger charge is 2.51. The Hall–Kier alpha value is -1.29. The molecule has 0 amide bonds. The third-order valence-corrected chi connectivity index (χ3v) is 13.0. The molecule has 6 heteroatoms. The molecule has 0 aliphatic carbocycles. The van der Waals surface area contributed by atoms with Gasteiger partial charge in [0.15, 0.2) is 0 Å². The van der Waals surface area contributed by atoms with Gasteiger partial charge in [-0.05, 0) is 28.6 Å². The van der Waals surface area contributed by atoms with Crippen LogP contribution in [0.1, 0.15) is 67.0 Å². The summed E-state index contributed by atoms with van der Waals surface area (Å²) in [4.78, 5) is 0. The van der Waals surface area contributed by atoms with Crippen LogP contribution in [0.2, 0.25) is 16.1 Å². The molecular weight excluding hydrogens is 386 g/mol. The van der Waals surface area contributed by atoms with E-state index in [2.05, 4.69) is 60.4 Å². The van der Waals surface area contributed by atoms with Crippen molar-refractivity contribution in [1.82, 2.24) is 4.31 Å². The van der Waals surface area contributed by atoms with Gasteiger partial charge in [-0.1, -0.05) is 84.7 Å². The zero-order valence-corrected chi connectivity index (χ0v) is 20.7. The molecule has 0 aliphatic heterocycles. The molecule has 0 fully saturated rings. The second-order valence-electron chi connectivity index (χ2n) is 9.08. The predicted molar refractivity (Wildman–Crippen MR) is 121 cm³/mol. The number of hydrogen-bond acceptors (Lipinski definition) is 3. The first-order chi connectivity index (χ1) is 12.7. The maximum absolute atomic E-state index is 12.3. The number of benzene rings is 1. The third-order valence-electron chi connectivity index (χ3n) is 5.45. The van der Waals surface area contributed by atoms with Gasteiger partial charge in [0.05, 0.1) is 18.9 Å². The van der Waals surface area contributed by atoms with Crippen molar-refractivity contribution in [1.29, 1.82) is 0 Å². The normalized spacial score (nSPS) is 14.0. The minimum Gasteiger partial charge on any atom is -0.405 e. The molecule has 0 saturated heterocycles. The lowest BCUT2D eigenvalue weighted by atomic mass is 10.1. The van der Waals surface area contributed by atoms with Gasteiger partial charge in [0.25, 0.3) is 0 Å². The van der Waals surface area contributed by atoms with E-state index in [0.29, 0.717) is 11.1 Å². The molecule has 1 atom stereocenters. The quantitative estimate of drug-likeness (QED) is 0.328. The van der Waals surface area contributed by atoms with Crippen LogP contribution in [0.3, 0.4) is 0 Å². The fraction of sp³-hybridized carbons (Fsp3) is 0.636. The lowest BCUT2D eigenvalue weighted by Gasteiger charge is -2.48. The van der Waals surface area contributed by atoms with Crippen molar-refractivity contribution in [2.24, 2.45) is 0 Å². The standard InChI is InChI=1S/C22H37NO3SSi/c1-18(2)28(19(3)4,22(6,7)8)26-17-13-16-23(27(9,24)25)20(5)21-14-11-10-12-15-21/h10-12,14-15,18-20H,17H2,1-9H3. The summed E-state index contributed by atoms with van der Waals surface area (Å²) in [5.74, 6) is 2.99. The van der Waals surface area contributed by atoms with Crippen molar-refractivity contribution in [3.8, 4) is 12.0 Å². The van der Waals surface area contributed by atoms with E-state index in [4.69, 9.17) is 4.43 Å². The van der Waals surface area contributed by atoms with Crippen molar-refractivity contribution >= 4 is 18.3 Å². The highest BCUT2D eigenvalue weighted by atomic mass is 32.2. The number of nitrogens with zero attached hydrogens (tertiary/aromatic N) is 1. The highest BCUT2D eigenvalue weighted by molar-refractivity contribution is 7.88. The topological polar surface area (TPSA) is 46.6 Å². The molecule has 4 nitrogen and oxygen atoms in total. The van der Waals surface area contributed by atoms with E-state index in [-0.39, 0.29) is 17.7 Å². The maximum atomic E-state index is 12.3. The van der Waals surface area contributed by atoms with Crippen LogP contribution in [-0.4, -0.2) is 33.9 Å². The van der Waals surface area contributed by atoms with E-state index in [1.54, 1.807) is 0 Å². The molecule has 0 aromatic heterocycles. The second kappa shape index (κ2) is 9.47. The Morgan fingerprint density at radius 3 is 1.93 bits per heavy atom. The second-order valence-corrected chi connectivity index (χ2v) is 16.6. The van der Waals surface area contributed by atoms with Gasteiger partial charge < -0.3 is 4.43 Å². The fourth-order valence-electron chi connectivity index (χ4n) is 4.55. The predicted octanol–water partition coefficient (Wildman–Crippen LogP) is 5.55. The molecule has 0 spiro atoms. The van der Waals surface area contributed by atoms with Crippen LogP contribution in [0.25, 0.3) is 0 Å². The van der Waals surface area contributed by atoms with Crippen molar-refractivity contribution in [2.45, 2.75) is 77.6 Å². The van der Waals surface area contributed by atoms with Gasteiger partial charge in [0.2, 0.25) is 18.3 Å². The van der Waals surface area contributed by atoms with E-state index in [1.165, 1.54) is 10.6 Å². The van der Waals surface area contributed by atoms with E-state index in [1.807, 2.05) is 37.3 Å². The van der Waals surface area contributed by atoms with Crippen molar-refractivity contribution < 1.29 is 12.8 Å². The van der Waals surface area contributed by atoms with Gasteiger partial charge in [-0.25, -0.2) is 12.7 Å². The van der Waals surface area contributed by atoms with Crippen molar-refractivity contribution in [3.05, 3.63) is 35.9 Å². The van der Waals surface area contributed by atoms with Crippen molar-refractivity contribution in [2.75, 3.05) is 12.9 Å². The summed E-state index contributed by atoms with van der Waals surface area (Å²) < 4.78 is 32.4. The van der Waals surface area contributed by atoms with Crippen LogP contribution in [0.15, 0.2) is 30.3 Å². The van der Waals surface area contributed by atoms with E-state index in [0.717, 1.165) is 5.56 Å². The summed E-state index contributed by atoms with van der Waals surface area (Å²) in [7, 11) is -5.61. The summed E-state index contributed by atoms with van der Waals surface area (Å²) in [6.45, 7) is 17.7. The van der Waals surface area contributed by atoms with Gasteiger partial charge in [-0.2, -0.15) is 0 Å². The van der Waals surface area contributed by atoms with Crippen LogP contribution in [0.4, 0.5) is 0 Å². The molecule has 1 rings (SSSR count). The Morgan fingerprint density at radius 2 is 1.54 bits per heavy atom. The lowest BCUT2D eigenvalue weighted by molar-refractivity contribution is 0.303. The Morgan fingerprint density at radius 1 is 1.04 bits per heavy atom. The molecule has 28 heavy (non-hydrogen) atoms. The first kappa shape index (κ1) is 24.7. The van der Waals surface area contributed by atoms with Crippen LogP contribution in [-0.2, 0) is 14.4 Å². The molecule has 0 bridgehead atoms. The Bertz CT molecular complexity index is 779. The molecule has 0 radical (unpaired) electrons. The Labute approximate surface area is 173 Å². The molecule has 1 aromatic carbocycles. The lowest BCUT2D eigenvalue weighted by Crippen LogP contribution is -2.52. The Balaban J connectivity index is 3.12. The third kappa shape index (κ3) is 5.62. The highest BCUT2D eigenvalue weighted by Crippen LogP contribution is 2.50. The summed E-state index contributed by atoms with van der Waals surface area (Å²) >= 11 is 0. The van der Waals surface area contributed by atoms with E-state index in [9.17, 15) is 8.42 Å². The van der Waals surface area contributed by atoms with Crippen molar-refractivity contribution in [3.63, 3.8) is 0 Å². The van der Waals surface area contributed by atoms with Crippen LogP contribution < -0.4 is 0 Å². The Kier molecular flexibility index (Phi) is 8.37. The first-order valence-corrected chi connectivity index (χ1v) is 13.8. The summed E-state index contributed by atoms with van der Waals surface area (Å²) in [6.07, 6.45) is 1.19. The molecule has 1 unspecified atom stereocenters. The zero-order chi connectivity index (χ0) is 21.8. The van der Waals surface area contributed by atoms with E-state index >= 15 is 0 Å². The van der Waals surface area contributed by atoms with Gasteiger partial charge in [0.1, 0.15) is 0 Å². The number of sulfonamides is 1. The molecule has 0 aliphatic rings. The molecule has 0 N–H and O–H groups in total. The SMILES string of the molecule is CC(c1ccccc1)N(C#CCO[Si](C(C)C)(C(C)C)C(C)(C)C)S(C)(=O)=O. The summed E-state index contributed by atoms with van der Waals surface area (Å²) in [5, 5.41) is 0.0604. The fourth-order valence-corrected chi connectivity index (χ4v) is 11.7. The van der Waals surface area contributed by atoms with E-state index < -0.39 is 18.3 Å². The number of rotatable bonds is 7. The van der Waals surface area contributed by atoms with Crippen LogP contribution >= 0.6 is 0 Å². The van der Waals surface area contributed by atoms with Gasteiger partial charge in [-0.3, -0.25) is 0 Å². The number of hydrogen-bond donors (Lipinski definition) is 0. The molecule has 1 aromatic rings. The largest absolute Gasteiger partial charge is 0.405 e. The molecule has 0 saturated carbocycles. The average molecular weight is 424 g/mol. The minimum absolute atomic E-state index is 0.0604. The monoisotopic (exact) mass is 423 g/mol. The smallest absolute Gasteiger partial charge is 0.239 e. The molecule has 0 heterocycles. The van der Waals surface area contributed by atoms with Gasteiger partial charge in [0, 0.05) is 6.04 Å². The van der Waals surface area contributed by atoms with Crippen LogP contribution in [0.5, 0.6) is 0 Å². The minimum atomic E-state index is -3.47. The summed E-state index contributed by atoms with van der Waals surface area (Å²) in [6, 6.07) is 12.0. The average Bonchev–Trinajstić information content (AvgIpc) is 2.55.